The monoisotopic (exact) mass is 375 g/mol. The molecule has 1 aromatic carbocycles. The molecule has 0 bridgehead atoms. The Labute approximate surface area is 124 Å². The van der Waals surface area contributed by atoms with E-state index in [-0.39, 0.29) is 11.3 Å². The Morgan fingerprint density at radius 2 is 2.22 bits per heavy atom. The van der Waals surface area contributed by atoms with Crippen molar-refractivity contribution in [3.05, 3.63) is 28.2 Å². The molecule has 0 heterocycles. The van der Waals surface area contributed by atoms with E-state index in [4.69, 9.17) is 4.74 Å². The van der Waals surface area contributed by atoms with Crippen LogP contribution in [-0.4, -0.2) is 24.9 Å². The van der Waals surface area contributed by atoms with Crippen LogP contribution in [0.25, 0.3) is 0 Å². The molecule has 1 aliphatic rings. The first-order chi connectivity index (χ1) is 8.60. The zero-order valence-corrected chi connectivity index (χ0v) is 13.3. The van der Waals surface area contributed by atoms with Crippen LogP contribution in [0.2, 0.25) is 0 Å². The molecule has 0 aromatic heterocycles. The van der Waals surface area contributed by atoms with E-state index in [0.717, 1.165) is 16.3 Å². The predicted octanol–water partition coefficient (Wildman–Crippen LogP) is 3.36. The number of methoxy groups -OCH3 is 1. The summed E-state index contributed by atoms with van der Waals surface area (Å²) < 4.78 is 5.91. The van der Waals surface area contributed by atoms with E-state index in [1.54, 1.807) is 13.2 Å². The lowest BCUT2D eigenvalue weighted by atomic mass is 10.1. The van der Waals surface area contributed by atoms with Gasteiger partial charge in [-0.2, -0.15) is 0 Å². The topological polar surface area (TPSA) is 38.3 Å². The summed E-state index contributed by atoms with van der Waals surface area (Å²) in [6.45, 7) is 0.723. The van der Waals surface area contributed by atoms with E-state index in [1.165, 1.54) is 12.8 Å². The molecule has 1 aromatic rings. The molecule has 18 heavy (non-hydrogen) atoms. The fourth-order valence-electron chi connectivity index (χ4n) is 1.70. The predicted molar refractivity (Wildman–Crippen MR) is 78.5 cm³/mol. The minimum absolute atomic E-state index is 0.0620. The van der Waals surface area contributed by atoms with Crippen LogP contribution in [-0.2, 0) is 0 Å². The van der Waals surface area contributed by atoms with Gasteiger partial charge in [0.1, 0.15) is 5.75 Å². The van der Waals surface area contributed by atoms with Gasteiger partial charge in [-0.15, -0.1) is 0 Å². The maximum atomic E-state index is 12.1. The van der Waals surface area contributed by atoms with Crippen LogP contribution in [0.4, 0.5) is 0 Å². The molecule has 1 fully saturated rings. The Bertz CT molecular complexity index is 458. The fraction of sp³-hybridized carbons (Fsp3) is 0.462. The fourth-order valence-corrected chi connectivity index (χ4v) is 2.89. The molecule has 0 saturated heterocycles. The van der Waals surface area contributed by atoms with Gasteiger partial charge in [-0.3, -0.25) is 4.79 Å². The number of carbonyl (C=O) groups is 1. The zero-order chi connectivity index (χ0) is 13.2. The summed E-state index contributed by atoms with van der Waals surface area (Å²) in [6, 6.07) is 5.39. The number of hydrogen-bond acceptors (Lipinski definition) is 2. The van der Waals surface area contributed by atoms with Crippen LogP contribution in [0.5, 0.6) is 5.75 Å². The highest BCUT2D eigenvalue weighted by Gasteiger charge is 2.41. The van der Waals surface area contributed by atoms with Crippen molar-refractivity contribution in [1.82, 2.24) is 5.32 Å². The normalized spacial score (nSPS) is 16.2. The summed E-state index contributed by atoms with van der Waals surface area (Å²) in [5.74, 6) is 0.623. The molecule has 98 valence electrons. The van der Waals surface area contributed by atoms with Crippen LogP contribution < -0.4 is 10.1 Å². The molecule has 3 nitrogen and oxygen atoms in total. The van der Waals surface area contributed by atoms with Crippen LogP contribution in [0.1, 0.15) is 23.2 Å². The van der Waals surface area contributed by atoms with E-state index >= 15 is 0 Å². The first-order valence-corrected chi connectivity index (χ1v) is 7.69. The van der Waals surface area contributed by atoms with E-state index in [1.807, 2.05) is 12.1 Å². The third-order valence-electron chi connectivity index (χ3n) is 3.28. The van der Waals surface area contributed by atoms with Gasteiger partial charge in [0.05, 0.1) is 12.7 Å². The van der Waals surface area contributed by atoms with Crippen molar-refractivity contribution in [3.63, 3.8) is 0 Å². The van der Waals surface area contributed by atoms with Crippen molar-refractivity contribution < 1.29 is 9.53 Å². The van der Waals surface area contributed by atoms with Crippen LogP contribution in [0, 0.1) is 5.41 Å². The van der Waals surface area contributed by atoms with E-state index in [2.05, 4.69) is 37.2 Å². The van der Waals surface area contributed by atoms with E-state index in [9.17, 15) is 4.79 Å². The van der Waals surface area contributed by atoms with Gasteiger partial charge < -0.3 is 10.1 Å². The summed E-state index contributed by atoms with van der Waals surface area (Å²) in [6.07, 6.45) is 2.36. The molecule has 5 heteroatoms. The lowest BCUT2D eigenvalue weighted by Crippen LogP contribution is -2.31. The van der Waals surface area contributed by atoms with Gasteiger partial charge in [-0.1, -0.05) is 15.9 Å². The Morgan fingerprint density at radius 1 is 1.50 bits per heavy atom. The molecule has 1 aliphatic carbocycles. The first kappa shape index (κ1) is 13.9. The minimum Gasteiger partial charge on any atom is -0.497 e. The third kappa shape index (κ3) is 3.06. The summed E-state index contributed by atoms with van der Waals surface area (Å²) >= 11 is 6.88. The number of ether oxygens (including phenoxy) is 1. The molecular formula is C13H15Br2NO2. The van der Waals surface area contributed by atoms with Gasteiger partial charge in [-0.25, -0.2) is 0 Å². The van der Waals surface area contributed by atoms with Gasteiger partial charge in [0.2, 0.25) is 0 Å². The Balaban J connectivity index is 2.04. The number of hydrogen-bond donors (Lipinski definition) is 1. The number of halogens is 2. The van der Waals surface area contributed by atoms with Crippen molar-refractivity contribution >= 4 is 37.8 Å². The van der Waals surface area contributed by atoms with Crippen molar-refractivity contribution in [2.45, 2.75) is 12.8 Å². The maximum absolute atomic E-state index is 12.1. The summed E-state index contributed by atoms with van der Waals surface area (Å²) in [5.41, 5.74) is 0.890. The molecule has 0 aliphatic heterocycles. The number of carbonyl (C=O) groups excluding carboxylic acids is 1. The summed E-state index contributed by atoms with van der Waals surface area (Å²) in [7, 11) is 1.59. The minimum atomic E-state index is -0.0620. The SMILES string of the molecule is COc1ccc(Br)c(C(=O)NCC2(CBr)CC2)c1. The lowest BCUT2D eigenvalue weighted by molar-refractivity contribution is 0.0945. The molecule has 0 radical (unpaired) electrons. The molecule has 2 rings (SSSR count). The zero-order valence-electron chi connectivity index (χ0n) is 10.1. The maximum Gasteiger partial charge on any atom is 0.252 e. The summed E-state index contributed by atoms with van der Waals surface area (Å²) in [4.78, 5) is 12.1. The van der Waals surface area contributed by atoms with E-state index in [0.29, 0.717) is 11.3 Å². The van der Waals surface area contributed by atoms with Gasteiger partial charge >= 0.3 is 0 Å². The standard InChI is InChI=1S/C13H15Br2NO2/c1-18-9-2-3-11(15)10(6-9)12(17)16-8-13(7-14)4-5-13/h2-3,6H,4-5,7-8H2,1H3,(H,16,17). The van der Waals surface area contributed by atoms with Gasteiger partial charge in [0.15, 0.2) is 0 Å². The molecule has 0 unspecified atom stereocenters. The quantitative estimate of drug-likeness (QED) is 0.800. The number of rotatable bonds is 5. The largest absolute Gasteiger partial charge is 0.497 e. The molecule has 0 spiro atoms. The first-order valence-electron chi connectivity index (χ1n) is 5.78. The van der Waals surface area contributed by atoms with Gasteiger partial charge in [0, 0.05) is 16.3 Å². The van der Waals surface area contributed by atoms with Gasteiger partial charge in [-0.05, 0) is 52.4 Å². The smallest absolute Gasteiger partial charge is 0.252 e. The lowest BCUT2D eigenvalue weighted by Gasteiger charge is -2.13. The van der Waals surface area contributed by atoms with Crippen molar-refractivity contribution in [1.29, 1.82) is 0 Å². The highest BCUT2D eigenvalue weighted by molar-refractivity contribution is 9.10. The Morgan fingerprint density at radius 3 is 2.78 bits per heavy atom. The van der Waals surface area contributed by atoms with Crippen LogP contribution in [0.3, 0.4) is 0 Å². The van der Waals surface area contributed by atoms with Gasteiger partial charge in [0.25, 0.3) is 5.91 Å². The highest BCUT2D eigenvalue weighted by atomic mass is 79.9. The molecular weight excluding hydrogens is 362 g/mol. The number of nitrogens with one attached hydrogen (secondary N) is 1. The van der Waals surface area contributed by atoms with Crippen molar-refractivity contribution in [3.8, 4) is 5.75 Å². The second-order valence-electron chi connectivity index (χ2n) is 4.66. The van der Waals surface area contributed by atoms with Crippen molar-refractivity contribution in [2.75, 3.05) is 19.0 Å². The number of amides is 1. The molecule has 1 saturated carbocycles. The average Bonchev–Trinajstić information content (AvgIpc) is 3.17. The van der Waals surface area contributed by atoms with E-state index < -0.39 is 0 Å². The van der Waals surface area contributed by atoms with Crippen LogP contribution >= 0.6 is 31.9 Å². The second-order valence-corrected chi connectivity index (χ2v) is 6.08. The average molecular weight is 377 g/mol. The highest BCUT2D eigenvalue weighted by Crippen LogP contribution is 2.46. The third-order valence-corrected chi connectivity index (χ3v) is 5.16. The molecule has 1 N–H and O–H groups in total. The Hall–Kier alpha value is -0.550. The second kappa shape index (κ2) is 5.61. The molecule has 0 atom stereocenters. The number of alkyl halides is 1. The van der Waals surface area contributed by atoms with Crippen LogP contribution in [0.15, 0.2) is 22.7 Å². The Kier molecular flexibility index (Phi) is 4.33. The summed E-state index contributed by atoms with van der Waals surface area (Å²) in [5, 5.41) is 3.93. The van der Waals surface area contributed by atoms with Crippen molar-refractivity contribution in [2.24, 2.45) is 5.41 Å². The molecule has 1 amide bonds. The number of benzene rings is 1.